The Kier molecular flexibility index (Phi) is 2.60. The number of nitrogens with zero attached hydrogens (tertiary/aromatic N) is 2. The molecule has 0 radical (unpaired) electrons. The normalized spacial score (nSPS) is 12.4. The minimum Gasteiger partial charge on any atom is -0.454 e. The van der Waals surface area contributed by atoms with Crippen molar-refractivity contribution in [2.75, 3.05) is 17.8 Å². The van der Waals surface area contributed by atoms with Crippen LogP contribution in [0.4, 0.5) is 11.5 Å². The standard InChI is InChI=1S/C12H12N4O2/c13-11-3-4-14-12(16-11)6-15-8-1-2-9-10(5-8)18-7-17-9/h1-5,15H,6-7H2,(H2,13,14,16). The van der Waals surface area contributed by atoms with Crippen molar-refractivity contribution in [2.45, 2.75) is 6.54 Å². The van der Waals surface area contributed by atoms with Crippen LogP contribution in [-0.4, -0.2) is 16.8 Å². The Morgan fingerprint density at radius 2 is 2.11 bits per heavy atom. The van der Waals surface area contributed by atoms with Gasteiger partial charge in [-0.25, -0.2) is 9.97 Å². The third kappa shape index (κ3) is 2.13. The molecule has 0 fully saturated rings. The summed E-state index contributed by atoms with van der Waals surface area (Å²) in [6, 6.07) is 7.32. The largest absolute Gasteiger partial charge is 0.454 e. The number of fused-ring (bicyclic) bond motifs is 1. The van der Waals surface area contributed by atoms with Crippen molar-refractivity contribution >= 4 is 11.5 Å². The molecule has 0 bridgehead atoms. The summed E-state index contributed by atoms with van der Waals surface area (Å²) in [5, 5.41) is 3.20. The molecule has 6 nitrogen and oxygen atoms in total. The first-order valence-electron chi connectivity index (χ1n) is 5.52. The molecule has 0 saturated carbocycles. The zero-order chi connectivity index (χ0) is 12.4. The second kappa shape index (κ2) is 4.40. The lowest BCUT2D eigenvalue weighted by Crippen LogP contribution is -2.05. The molecule has 0 saturated heterocycles. The van der Waals surface area contributed by atoms with Crippen molar-refractivity contribution < 1.29 is 9.47 Å². The smallest absolute Gasteiger partial charge is 0.231 e. The Morgan fingerprint density at radius 1 is 1.22 bits per heavy atom. The van der Waals surface area contributed by atoms with E-state index in [1.807, 2.05) is 18.2 Å². The zero-order valence-electron chi connectivity index (χ0n) is 9.59. The summed E-state index contributed by atoms with van der Waals surface area (Å²) < 4.78 is 10.5. The highest BCUT2D eigenvalue weighted by Gasteiger charge is 2.12. The molecule has 0 atom stereocenters. The van der Waals surface area contributed by atoms with Gasteiger partial charge in [-0.3, -0.25) is 0 Å². The monoisotopic (exact) mass is 244 g/mol. The van der Waals surface area contributed by atoms with E-state index in [4.69, 9.17) is 15.2 Å². The molecule has 18 heavy (non-hydrogen) atoms. The van der Waals surface area contributed by atoms with E-state index in [1.54, 1.807) is 12.3 Å². The van der Waals surface area contributed by atoms with Crippen LogP contribution in [0.2, 0.25) is 0 Å². The van der Waals surface area contributed by atoms with E-state index in [9.17, 15) is 0 Å². The van der Waals surface area contributed by atoms with Crippen molar-refractivity contribution in [1.29, 1.82) is 0 Å². The van der Waals surface area contributed by atoms with Gasteiger partial charge in [0.2, 0.25) is 6.79 Å². The molecule has 2 heterocycles. The molecule has 3 rings (SSSR count). The van der Waals surface area contributed by atoms with Gasteiger partial charge < -0.3 is 20.5 Å². The molecule has 2 aromatic rings. The van der Waals surface area contributed by atoms with E-state index in [0.29, 0.717) is 18.2 Å². The van der Waals surface area contributed by atoms with Crippen LogP contribution < -0.4 is 20.5 Å². The molecular weight excluding hydrogens is 232 g/mol. The average molecular weight is 244 g/mol. The molecule has 92 valence electrons. The fraction of sp³-hybridized carbons (Fsp3) is 0.167. The van der Waals surface area contributed by atoms with Crippen LogP contribution in [-0.2, 0) is 6.54 Å². The van der Waals surface area contributed by atoms with Gasteiger partial charge in [0.05, 0.1) is 6.54 Å². The van der Waals surface area contributed by atoms with Gasteiger partial charge in [0, 0.05) is 18.0 Å². The van der Waals surface area contributed by atoms with E-state index in [0.717, 1.165) is 17.2 Å². The number of nitrogens with two attached hydrogens (primary N) is 1. The molecule has 1 aromatic carbocycles. The number of anilines is 2. The minimum absolute atomic E-state index is 0.275. The first kappa shape index (κ1) is 10.6. The van der Waals surface area contributed by atoms with Gasteiger partial charge in [-0.2, -0.15) is 0 Å². The summed E-state index contributed by atoms with van der Waals surface area (Å²) in [6.45, 7) is 0.780. The Labute approximate surface area is 104 Å². The number of hydrogen-bond acceptors (Lipinski definition) is 6. The topological polar surface area (TPSA) is 82.3 Å². The van der Waals surface area contributed by atoms with Gasteiger partial charge in [0.15, 0.2) is 11.5 Å². The van der Waals surface area contributed by atoms with Crippen LogP contribution in [0.5, 0.6) is 11.5 Å². The molecule has 3 N–H and O–H groups in total. The molecule has 6 heteroatoms. The van der Waals surface area contributed by atoms with Crippen LogP contribution in [0.3, 0.4) is 0 Å². The number of benzene rings is 1. The Bertz CT molecular complexity index is 574. The van der Waals surface area contributed by atoms with Gasteiger partial charge in [0.1, 0.15) is 11.6 Å². The van der Waals surface area contributed by atoms with Gasteiger partial charge in [-0.05, 0) is 18.2 Å². The third-order valence-corrected chi connectivity index (χ3v) is 2.55. The number of rotatable bonds is 3. The first-order valence-corrected chi connectivity index (χ1v) is 5.52. The van der Waals surface area contributed by atoms with Crippen molar-refractivity contribution in [2.24, 2.45) is 0 Å². The summed E-state index contributed by atoms with van der Waals surface area (Å²) in [5.74, 6) is 2.62. The fourth-order valence-electron chi connectivity index (χ4n) is 1.69. The van der Waals surface area contributed by atoms with Crippen LogP contribution in [0, 0.1) is 0 Å². The second-order valence-corrected chi connectivity index (χ2v) is 3.82. The maximum atomic E-state index is 5.59. The lowest BCUT2D eigenvalue weighted by Gasteiger charge is -2.06. The van der Waals surface area contributed by atoms with Crippen molar-refractivity contribution in [1.82, 2.24) is 9.97 Å². The number of aromatic nitrogens is 2. The molecule has 0 amide bonds. The number of hydrogen-bond donors (Lipinski definition) is 2. The van der Waals surface area contributed by atoms with Gasteiger partial charge >= 0.3 is 0 Å². The highest BCUT2D eigenvalue weighted by Crippen LogP contribution is 2.34. The van der Waals surface area contributed by atoms with E-state index in [-0.39, 0.29) is 6.79 Å². The van der Waals surface area contributed by atoms with E-state index in [2.05, 4.69) is 15.3 Å². The van der Waals surface area contributed by atoms with Crippen LogP contribution in [0.1, 0.15) is 5.82 Å². The molecule has 1 aromatic heterocycles. The van der Waals surface area contributed by atoms with Crippen molar-refractivity contribution in [3.8, 4) is 11.5 Å². The molecule has 1 aliphatic rings. The van der Waals surface area contributed by atoms with E-state index in [1.165, 1.54) is 0 Å². The van der Waals surface area contributed by atoms with Crippen LogP contribution >= 0.6 is 0 Å². The van der Waals surface area contributed by atoms with Crippen molar-refractivity contribution in [3.05, 3.63) is 36.3 Å². The maximum Gasteiger partial charge on any atom is 0.231 e. The maximum absolute atomic E-state index is 5.59. The summed E-state index contributed by atoms with van der Waals surface area (Å²) in [4.78, 5) is 8.23. The van der Waals surface area contributed by atoms with Crippen molar-refractivity contribution in [3.63, 3.8) is 0 Å². The first-order chi connectivity index (χ1) is 8.81. The van der Waals surface area contributed by atoms with E-state index < -0.39 is 0 Å². The molecule has 0 unspecified atom stereocenters. The van der Waals surface area contributed by atoms with Gasteiger partial charge in [0.25, 0.3) is 0 Å². The predicted octanol–water partition coefficient (Wildman–Crippen LogP) is 1.40. The summed E-state index contributed by atoms with van der Waals surface area (Å²) in [6.07, 6.45) is 1.64. The summed E-state index contributed by atoms with van der Waals surface area (Å²) >= 11 is 0. The number of nitrogen functional groups attached to an aromatic ring is 1. The highest BCUT2D eigenvalue weighted by atomic mass is 16.7. The third-order valence-electron chi connectivity index (χ3n) is 2.55. The zero-order valence-corrected chi connectivity index (χ0v) is 9.59. The van der Waals surface area contributed by atoms with E-state index >= 15 is 0 Å². The minimum atomic E-state index is 0.275. The predicted molar refractivity (Wildman–Crippen MR) is 66.3 cm³/mol. The highest BCUT2D eigenvalue weighted by molar-refractivity contribution is 5.55. The summed E-state index contributed by atoms with van der Waals surface area (Å²) in [5.41, 5.74) is 6.51. The Morgan fingerprint density at radius 3 is 3.00 bits per heavy atom. The quantitative estimate of drug-likeness (QED) is 0.849. The number of nitrogens with one attached hydrogen (secondary N) is 1. The lowest BCUT2D eigenvalue weighted by atomic mass is 10.3. The summed E-state index contributed by atoms with van der Waals surface area (Å²) in [7, 11) is 0. The molecule has 1 aliphatic heterocycles. The molecule has 0 spiro atoms. The second-order valence-electron chi connectivity index (χ2n) is 3.82. The SMILES string of the molecule is Nc1ccnc(CNc2ccc3c(c2)OCO3)n1. The molecular formula is C12H12N4O2. The average Bonchev–Trinajstić information content (AvgIpc) is 2.84. The van der Waals surface area contributed by atoms with Gasteiger partial charge in [-0.15, -0.1) is 0 Å². The van der Waals surface area contributed by atoms with Gasteiger partial charge in [-0.1, -0.05) is 0 Å². The van der Waals surface area contributed by atoms with Crippen LogP contribution in [0.15, 0.2) is 30.5 Å². The number of ether oxygens (including phenoxy) is 2. The Balaban J connectivity index is 1.70. The van der Waals surface area contributed by atoms with Crippen LogP contribution in [0.25, 0.3) is 0 Å². The lowest BCUT2D eigenvalue weighted by molar-refractivity contribution is 0.174. The Hall–Kier alpha value is -2.50. The molecule has 0 aliphatic carbocycles. The fourth-order valence-corrected chi connectivity index (χ4v) is 1.69.